The van der Waals surface area contributed by atoms with Crippen molar-refractivity contribution in [1.29, 1.82) is 0 Å². The molecule has 1 saturated heterocycles. The van der Waals surface area contributed by atoms with Gasteiger partial charge in [-0.1, -0.05) is 18.2 Å². The molecular formula is C22H25N7OS. The number of rotatable bonds is 6. The number of carbonyl (C=O) groups excluding carboxylic acids is 1. The van der Waals surface area contributed by atoms with Crippen LogP contribution in [0.25, 0.3) is 32.6 Å². The van der Waals surface area contributed by atoms with Crippen molar-refractivity contribution in [3.8, 4) is 11.4 Å². The molecule has 1 aromatic carbocycles. The van der Waals surface area contributed by atoms with Crippen molar-refractivity contribution < 1.29 is 4.79 Å². The summed E-state index contributed by atoms with van der Waals surface area (Å²) in [5.41, 5.74) is 2.64. The summed E-state index contributed by atoms with van der Waals surface area (Å²) in [6.45, 7) is 7.69. The van der Waals surface area contributed by atoms with Gasteiger partial charge in [0.05, 0.1) is 12.9 Å². The van der Waals surface area contributed by atoms with Crippen LogP contribution >= 0.6 is 11.3 Å². The zero-order valence-corrected chi connectivity index (χ0v) is 18.4. The molecule has 1 aliphatic heterocycles. The third-order valence-electron chi connectivity index (χ3n) is 5.54. The van der Waals surface area contributed by atoms with E-state index in [1.165, 1.54) is 4.70 Å². The van der Waals surface area contributed by atoms with Gasteiger partial charge in [-0.15, -0.1) is 11.3 Å². The standard InChI is InChI=1S/C22H25N7OS/c1-14(2)29-13-25-19-21(24-8-10-28-9-7-23-18(30)11-28)26-20(27-22(19)29)16-12-31-17-6-4-3-5-15(16)17/h3-6,12-14H,7-11H2,1-2H3,(H,23,30)(H,24,26,27). The second-order valence-corrected chi connectivity index (χ2v) is 8.92. The number of amides is 1. The van der Waals surface area contributed by atoms with Gasteiger partial charge in [0.15, 0.2) is 17.3 Å². The summed E-state index contributed by atoms with van der Waals surface area (Å²) in [6, 6.07) is 8.57. The highest BCUT2D eigenvalue weighted by Crippen LogP contribution is 2.34. The number of imidazole rings is 1. The fourth-order valence-electron chi connectivity index (χ4n) is 3.90. The maximum atomic E-state index is 11.6. The lowest BCUT2D eigenvalue weighted by Gasteiger charge is -2.26. The summed E-state index contributed by atoms with van der Waals surface area (Å²) in [7, 11) is 0. The van der Waals surface area contributed by atoms with Crippen LogP contribution in [0, 0.1) is 0 Å². The first kappa shape index (κ1) is 19.9. The Hall–Kier alpha value is -3.04. The molecule has 1 fully saturated rings. The lowest BCUT2D eigenvalue weighted by atomic mass is 10.1. The van der Waals surface area contributed by atoms with Crippen LogP contribution in [0.3, 0.4) is 0 Å². The first-order chi connectivity index (χ1) is 15.1. The molecule has 5 rings (SSSR count). The summed E-state index contributed by atoms with van der Waals surface area (Å²) in [5.74, 6) is 1.52. The number of nitrogens with zero attached hydrogens (tertiary/aromatic N) is 5. The van der Waals surface area contributed by atoms with Gasteiger partial charge in [-0.25, -0.2) is 15.0 Å². The minimum absolute atomic E-state index is 0.0815. The first-order valence-electron chi connectivity index (χ1n) is 10.5. The van der Waals surface area contributed by atoms with E-state index in [2.05, 4.69) is 56.4 Å². The van der Waals surface area contributed by atoms with Gasteiger partial charge in [-0.2, -0.15) is 0 Å². The van der Waals surface area contributed by atoms with Gasteiger partial charge in [0, 0.05) is 53.3 Å². The summed E-state index contributed by atoms with van der Waals surface area (Å²) in [5, 5.41) is 9.60. The van der Waals surface area contributed by atoms with E-state index in [1.807, 2.05) is 18.5 Å². The van der Waals surface area contributed by atoms with Gasteiger partial charge in [-0.3, -0.25) is 9.69 Å². The molecule has 31 heavy (non-hydrogen) atoms. The Bertz CT molecular complexity index is 1250. The molecule has 8 nitrogen and oxygen atoms in total. The molecule has 0 bridgehead atoms. The molecule has 4 aromatic rings. The molecule has 160 valence electrons. The van der Waals surface area contributed by atoms with Gasteiger partial charge in [0.1, 0.15) is 5.52 Å². The van der Waals surface area contributed by atoms with Crippen LogP contribution < -0.4 is 10.6 Å². The third kappa shape index (κ3) is 3.86. The minimum Gasteiger partial charge on any atom is -0.367 e. The second-order valence-electron chi connectivity index (χ2n) is 8.01. The Morgan fingerprint density at radius 1 is 1.26 bits per heavy atom. The van der Waals surface area contributed by atoms with E-state index < -0.39 is 0 Å². The number of fused-ring (bicyclic) bond motifs is 2. The van der Waals surface area contributed by atoms with Crippen molar-refractivity contribution in [2.24, 2.45) is 0 Å². The van der Waals surface area contributed by atoms with E-state index in [-0.39, 0.29) is 11.9 Å². The number of anilines is 1. The van der Waals surface area contributed by atoms with Crippen molar-refractivity contribution in [2.45, 2.75) is 19.9 Å². The van der Waals surface area contributed by atoms with Crippen LogP contribution in [0.4, 0.5) is 5.82 Å². The maximum absolute atomic E-state index is 11.6. The van der Waals surface area contributed by atoms with E-state index in [4.69, 9.17) is 9.97 Å². The molecule has 1 amide bonds. The van der Waals surface area contributed by atoms with Crippen LogP contribution in [0.5, 0.6) is 0 Å². The number of hydrogen-bond donors (Lipinski definition) is 2. The Labute approximate surface area is 184 Å². The normalized spacial score (nSPS) is 15.1. The van der Waals surface area contributed by atoms with E-state index in [9.17, 15) is 4.79 Å². The number of aromatic nitrogens is 4. The van der Waals surface area contributed by atoms with Crippen LogP contribution in [0.2, 0.25) is 0 Å². The highest BCUT2D eigenvalue weighted by atomic mass is 32.1. The number of benzene rings is 1. The number of hydrogen-bond acceptors (Lipinski definition) is 7. The topological polar surface area (TPSA) is 88.0 Å². The van der Waals surface area contributed by atoms with Crippen LogP contribution in [0.1, 0.15) is 19.9 Å². The lowest BCUT2D eigenvalue weighted by molar-refractivity contribution is -0.124. The molecule has 0 unspecified atom stereocenters. The molecule has 2 N–H and O–H groups in total. The summed E-state index contributed by atoms with van der Waals surface area (Å²) < 4.78 is 3.30. The Morgan fingerprint density at radius 3 is 2.97 bits per heavy atom. The molecular weight excluding hydrogens is 410 g/mol. The van der Waals surface area contributed by atoms with Gasteiger partial charge in [-0.05, 0) is 19.9 Å². The van der Waals surface area contributed by atoms with E-state index in [0.29, 0.717) is 25.5 Å². The smallest absolute Gasteiger partial charge is 0.234 e. The van der Waals surface area contributed by atoms with Crippen molar-refractivity contribution in [2.75, 3.05) is 38.0 Å². The number of nitrogens with one attached hydrogen (secondary N) is 2. The van der Waals surface area contributed by atoms with Crippen molar-refractivity contribution >= 4 is 44.3 Å². The zero-order valence-electron chi connectivity index (χ0n) is 17.6. The molecule has 3 aromatic heterocycles. The van der Waals surface area contributed by atoms with Crippen LogP contribution in [-0.4, -0.2) is 63.0 Å². The highest BCUT2D eigenvalue weighted by Gasteiger charge is 2.19. The predicted molar refractivity (Wildman–Crippen MR) is 124 cm³/mol. The fraction of sp³-hybridized carbons (Fsp3) is 0.364. The lowest BCUT2D eigenvalue weighted by Crippen LogP contribution is -2.48. The number of carbonyl (C=O) groups is 1. The second kappa shape index (κ2) is 8.24. The minimum atomic E-state index is 0.0815. The average molecular weight is 436 g/mol. The van der Waals surface area contributed by atoms with Crippen molar-refractivity contribution in [3.63, 3.8) is 0 Å². The predicted octanol–water partition coefficient (Wildman–Crippen LogP) is 3.13. The molecule has 9 heteroatoms. The average Bonchev–Trinajstić information content (AvgIpc) is 3.38. The van der Waals surface area contributed by atoms with Crippen molar-refractivity contribution in [3.05, 3.63) is 36.0 Å². The van der Waals surface area contributed by atoms with E-state index >= 15 is 0 Å². The largest absolute Gasteiger partial charge is 0.367 e. The molecule has 0 aliphatic carbocycles. The molecule has 0 spiro atoms. The Kier molecular flexibility index (Phi) is 5.29. The van der Waals surface area contributed by atoms with Gasteiger partial charge in [0.2, 0.25) is 5.91 Å². The summed E-state index contributed by atoms with van der Waals surface area (Å²) in [6.07, 6.45) is 1.83. The number of piperazine rings is 1. The zero-order chi connectivity index (χ0) is 21.4. The van der Waals surface area contributed by atoms with Crippen LogP contribution in [-0.2, 0) is 4.79 Å². The van der Waals surface area contributed by atoms with Gasteiger partial charge >= 0.3 is 0 Å². The first-order valence-corrected chi connectivity index (χ1v) is 11.4. The number of thiophene rings is 1. The fourth-order valence-corrected chi connectivity index (χ4v) is 4.84. The van der Waals surface area contributed by atoms with Crippen LogP contribution in [0.15, 0.2) is 36.0 Å². The SMILES string of the molecule is CC(C)n1cnc2c(NCCN3CCNC(=O)C3)nc(-c3csc4ccccc34)nc21. The van der Waals surface area contributed by atoms with Gasteiger partial charge in [0.25, 0.3) is 0 Å². The summed E-state index contributed by atoms with van der Waals surface area (Å²) >= 11 is 1.70. The van der Waals surface area contributed by atoms with Crippen molar-refractivity contribution in [1.82, 2.24) is 29.7 Å². The molecule has 1 aliphatic rings. The molecule has 0 saturated carbocycles. The Balaban J connectivity index is 1.50. The molecule has 4 heterocycles. The third-order valence-corrected chi connectivity index (χ3v) is 6.50. The van der Waals surface area contributed by atoms with Gasteiger partial charge < -0.3 is 15.2 Å². The Morgan fingerprint density at radius 2 is 2.13 bits per heavy atom. The highest BCUT2D eigenvalue weighted by molar-refractivity contribution is 7.17. The molecule has 0 atom stereocenters. The quantitative estimate of drug-likeness (QED) is 0.484. The summed E-state index contributed by atoms with van der Waals surface area (Å²) in [4.78, 5) is 28.2. The van der Waals surface area contributed by atoms with E-state index in [1.54, 1.807) is 11.3 Å². The maximum Gasteiger partial charge on any atom is 0.234 e. The monoisotopic (exact) mass is 435 g/mol. The molecule has 0 radical (unpaired) electrons. The van der Waals surface area contributed by atoms with E-state index in [0.717, 1.165) is 41.0 Å².